The molecule has 0 amide bonds. The summed E-state index contributed by atoms with van der Waals surface area (Å²) >= 11 is 0. The minimum absolute atomic E-state index is 0. The molecule has 98 valence electrons. The summed E-state index contributed by atoms with van der Waals surface area (Å²) in [6, 6.07) is 9.81. The van der Waals surface area contributed by atoms with Crippen molar-refractivity contribution in [3.63, 3.8) is 0 Å². The molecule has 1 rings (SSSR count). The van der Waals surface area contributed by atoms with Gasteiger partial charge in [-0.3, -0.25) is 9.35 Å². The predicted octanol–water partition coefficient (Wildman–Crippen LogP) is 2.08. The molecule has 9 heteroatoms. The summed E-state index contributed by atoms with van der Waals surface area (Å²) in [4.78, 5) is 10.6. The van der Waals surface area contributed by atoms with Gasteiger partial charge in [0.1, 0.15) is 5.78 Å². The maximum Gasteiger partial charge on any atom is 0.522 e. The number of hydrogen-bond acceptors (Lipinski definition) is 3. The number of carbonyl (C=O) groups excluding carboxylic acids is 1. The minimum atomic E-state index is -5.84. The third-order valence-corrected chi connectivity index (χ3v) is 2.00. The predicted molar refractivity (Wildman–Crippen MR) is 52.9 cm³/mol. The smallest absolute Gasteiger partial charge is 0.297 e. The second-order valence-corrected chi connectivity index (χ2v) is 4.18. The average Bonchev–Trinajstić information content (AvgIpc) is 2.17. The van der Waals surface area contributed by atoms with Crippen LogP contribution in [-0.2, 0) is 29.6 Å². The Morgan fingerprint density at radius 3 is 1.78 bits per heavy atom. The van der Waals surface area contributed by atoms with Gasteiger partial charge in [0.2, 0.25) is 0 Å². The van der Waals surface area contributed by atoms with Gasteiger partial charge < -0.3 is 0 Å². The number of benzene rings is 1. The molecular weight excluding hydrogens is 327 g/mol. The number of ketones is 1. The van der Waals surface area contributed by atoms with Crippen LogP contribution in [-0.4, -0.2) is 24.3 Å². The SMILES string of the molecule is CC(=O)c1cc[c-]cc1.O=S(=O)(O)C(F)(F)F.[Zn]. The van der Waals surface area contributed by atoms with Crippen LogP contribution in [0.2, 0.25) is 0 Å². The van der Waals surface area contributed by atoms with E-state index in [9.17, 15) is 18.0 Å². The Morgan fingerprint density at radius 1 is 1.28 bits per heavy atom. The molecule has 0 aromatic heterocycles. The number of Topliss-reactive ketones (excluding diaryl/α,β-unsaturated/α-hetero) is 1. The molecule has 0 atom stereocenters. The van der Waals surface area contributed by atoms with E-state index in [1.54, 1.807) is 31.2 Å². The van der Waals surface area contributed by atoms with E-state index in [4.69, 9.17) is 13.0 Å². The molecule has 0 bridgehead atoms. The molecule has 18 heavy (non-hydrogen) atoms. The van der Waals surface area contributed by atoms with E-state index in [2.05, 4.69) is 6.07 Å². The number of alkyl halides is 3. The van der Waals surface area contributed by atoms with Gasteiger partial charge in [-0.05, 0) is 6.92 Å². The molecule has 0 radical (unpaired) electrons. The molecule has 0 heterocycles. The van der Waals surface area contributed by atoms with E-state index in [1.165, 1.54) is 0 Å². The van der Waals surface area contributed by atoms with Crippen LogP contribution in [0.1, 0.15) is 17.3 Å². The molecule has 1 aromatic rings. The fourth-order valence-corrected chi connectivity index (χ4v) is 0.622. The van der Waals surface area contributed by atoms with Crippen LogP contribution in [0, 0.1) is 6.07 Å². The van der Waals surface area contributed by atoms with E-state index in [1.807, 2.05) is 0 Å². The summed E-state index contributed by atoms with van der Waals surface area (Å²) in [5.41, 5.74) is -4.79. The topological polar surface area (TPSA) is 71.4 Å². The quantitative estimate of drug-likeness (QED) is 0.281. The Kier molecular flexibility index (Phi) is 8.26. The molecule has 0 spiro atoms. The molecule has 0 saturated carbocycles. The number of halogens is 3. The average molecular weight is 335 g/mol. The summed E-state index contributed by atoms with van der Waals surface area (Å²) in [6.45, 7) is 1.55. The molecule has 0 aliphatic carbocycles. The first-order valence-corrected chi connectivity index (χ1v) is 5.50. The Labute approximate surface area is 115 Å². The van der Waals surface area contributed by atoms with Crippen LogP contribution >= 0.6 is 0 Å². The van der Waals surface area contributed by atoms with Crippen LogP contribution in [0.25, 0.3) is 0 Å². The summed E-state index contributed by atoms with van der Waals surface area (Å²) < 4.78 is 57.5. The fourth-order valence-electron chi connectivity index (χ4n) is 0.622. The Morgan fingerprint density at radius 2 is 1.61 bits per heavy atom. The standard InChI is InChI=1S/C8H7O.CHF3O3S.Zn/c1-7(9)8-5-3-2-4-6-8;2-1(3,4)8(5,6)7;/h3-6H,1H3;(H,5,6,7);/q-1;;. The normalized spacial score (nSPS) is 10.7. The second-order valence-electron chi connectivity index (χ2n) is 2.77. The van der Waals surface area contributed by atoms with Crippen molar-refractivity contribution in [1.82, 2.24) is 0 Å². The van der Waals surface area contributed by atoms with Gasteiger partial charge in [-0.25, -0.2) is 0 Å². The largest absolute Gasteiger partial charge is 0.522 e. The van der Waals surface area contributed by atoms with Crippen molar-refractivity contribution in [2.24, 2.45) is 0 Å². The molecule has 0 aliphatic rings. The first-order valence-electron chi connectivity index (χ1n) is 4.06. The first-order chi connectivity index (χ1) is 7.55. The second kappa shape index (κ2) is 7.60. The van der Waals surface area contributed by atoms with Gasteiger partial charge in [-0.15, -0.1) is 0 Å². The van der Waals surface area contributed by atoms with E-state index >= 15 is 0 Å². The van der Waals surface area contributed by atoms with Gasteiger partial charge in [-0.1, -0.05) is 5.56 Å². The molecule has 0 unspecified atom stereocenters. The van der Waals surface area contributed by atoms with Gasteiger partial charge >= 0.3 is 15.6 Å². The van der Waals surface area contributed by atoms with Crippen molar-refractivity contribution in [3.8, 4) is 0 Å². The van der Waals surface area contributed by atoms with Gasteiger partial charge in [0.25, 0.3) is 0 Å². The fraction of sp³-hybridized carbons (Fsp3) is 0.222. The summed E-state index contributed by atoms with van der Waals surface area (Å²) in [5.74, 6) is 0.101. The van der Waals surface area contributed by atoms with Crippen LogP contribution in [0.4, 0.5) is 13.2 Å². The molecule has 1 aromatic carbocycles. The minimum Gasteiger partial charge on any atom is -0.297 e. The van der Waals surface area contributed by atoms with Crippen molar-refractivity contribution < 1.29 is 50.4 Å². The molecule has 1 N–H and O–H groups in total. The summed E-state index contributed by atoms with van der Waals surface area (Å²) in [5, 5.41) is 0. The van der Waals surface area contributed by atoms with E-state index in [0.29, 0.717) is 0 Å². The molecular formula is C9H8F3O4SZn-. The number of hydrogen-bond donors (Lipinski definition) is 1. The van der Waals surface area contributed by atoms with Crippen LogP contribution in [0.5, 0.6) is 0 Å². The van der Waals surface area contributed by atoms with Gasteiger partial charge in [0.05, 0.1) is 0 Å². The van der Waals surface area contributed by atoms with Crippen molar-refractivity contribution in [2.75, 3.05) is 0 Å². The van der Waals surface area contributed by atoms with Gasteiger partial charge in [0, 0.05) is 19.5 Å². The van der Waals surface area contributed by atoms with Gasteiger partial charge in [0.15, 0.2) is 0 Å². The molecule has 0 fully saturated rings. The third-order valence-electron chi connectivity index (χ3n) is 1.42. The van der Waals surface area contributed by atoms with Crippen LogP contribution in [0.15, 0.2) is 24.3 Å². The zero-order valence-corrected chi connectivity index (χ0v) is 13.0. The number of rotatable bonds is 1. The van der Waals surface area contributed by atoms with Crippen molar-refractivity contribution in [2.45, 2.75) is 12.4 Å². The number of carbonyl (C=O) groups is 1. The third kappa shape index (κ3) is 7.52. The maximum absolute atomic E-state index is 10.7. The maximum atomic E-state index is 10.7. The summed E-state index contributed by atoms with van der Waals surface area (Å²) in [6.07, 6.45) is 0. The molecule has 0 saturated heterocycles. The first kappa shape index (κ1) is 19.6. The summed E-state index contributed by atoms with van der Waals surface area (Å²) in [7, 11) is -5.84. The molecule has 0 aliphatic heterocycles. The van der Waals surface area contributed by atoms with E-state index in [-0.39, 0.29) is 25.3 Å². The Balaban J connectivity index is 0. The van der Waals surface area contributed by atoms with Gasteiger partial charge in [-0.2, -0.15) is 51.9 Å². The van der Waals surface area contributed by atoms with Crippen molar-refractivity contribution >= 4 is 15.9 Å². The zero-order chi connectivity index (χ0) is 13.7. The Bertz CT molecular complexity index is 470. The van der Waals surface area contributed by atoms with E-state index in [0.717, 1.165) is 5.56 Å². The monoisotopic (exact) mass is 333 g/mol. The molecule has 4 nitrogen and oxygen atoms in total. The van der Waals surface area contributed by atoms with Crippen molar-refractivity contribution in [3.05, 3.63) is 35.9 Å². The van der Waals surface area contributed by atoms with Crippen LogP contribution in [0.3, 0.4) is 0 Å². The zero-order valence-electron chi connectivity index (χ0n) is 9.23. The van der Waals surface area contributed by atoms with E-state index < -0.39 is 15.6 Å². The van der Waals surface area contributed by atoms with Crippen LogP contribution < -0.4 is 0 Å². The van der Waals surface area contributed by atoms with Crippen molar-refractivity contribution in [1.29, 1.82) is 0 Å². The Hall–Kier alpha value is -0.787.